The summed E-state index contributed by atoms with van der Waals surface area (Å²) in [7, 11) is -3.15. The van der Waals surface area contributed by atoms with Crippen LogP contribution in [0.25, 0.3) is 0 Å². The lowest BCUT2D eigenvalue weighted by molar-refractivity contribution is -0.142. The van der Waals surface area contributed by atoms with Crippen LogP contribution in [0.5, 0.6) is 0 Å². The molecule has 1 aromatic carbocycles. The predicted octanol–water partition coefficient (Wildman–Crippen LogP) is 0.481. The van der Waals surface area contributed by atoms with Crippen LogP contribution in [-0.4, -0.2) is 34.2 Å². The summed E-state index contributed by atoms with van der Waals surface area (Å²) < 4.78 is 36.3. The first-order valence-corrected chi connectivity index (χ1v) is 7.47. The number of ether oxygens (including phenoxy) is 2. The van der Waals surface area contributed by atoms with Crippen molar-refractivity contribution in [3.63, 3.8) is 0 Å². The number of carbonyl (C=O) groups is 2. The molecule has 0 saturated heterocycles. The summed E-state index contributed by atoms with van der Waals surface area (Å²) in [5, 5.41) is 0. The molecular weight excluding hydrogens is 300 g/mol. The van der Waals surface area contributed by atoms with E-state index in [9.17, 15) is 18.0 Å². The van der Waals surface area contributed by atoms with Crippen LogP contribution < -0.4 is 9.44 Å². The fourth-order valence-corrected chi connectivity index (χ4v) is 2.35. The van der Waals surface area contributed by atoms with E-state index in [-0.39, 0.29) is 6.61 Å². The number of esters is 1. The quantitative estimate of drug-likeness (QED) is 0.739. The molecule has 116 valence electrons. The van der Waals surface area contributed by atoms with Crippen LogP contribution in [-0.2, 0) is 24.5 Å². The average Bonchev–Trinajstić information content (AvgIpc) is 2.44. The van der Waals surface area contributed by atoms with Gasteiger partial charge in [-0.1, -0.05) is 30.3 Å². The van der Waals surface area contributed by atoms with Gasteiger partial charge in [-0.25, -0.2) is 14.3 Å². The van der Waals surface area contributed by atoms with Gasteiger partial charge in [0.15, 0.2) is 0 Å². The maximum absolute atomic E-state index is 11.8. The van der Waals surface area contributed by atoms with Crippen LogP contribution in [0.1, 0.15) is 18.5 Å². The minimum atomic E-state index is -4.28. The highest BCUT2D eigenvalue weighted by atomic mass is 32.2. The van der Waals surface area contributed by atoms with Gasteiger partial charge < -0.3 is 9.47 Å². The molecule has 0 aliphatic heterocycles. The summed E-state index contributed by atoms with van der Waals surface area (Å²) in [6.07, 6.45) is -1.14. The molecule has 0 spiro atoms. The van der Waals surface area contributed by atoms with Crippen molar-refractivity contribution < 1.29 is 27.5 Å². The lowest BCUT2D eigenvalue weighted by Gasteiger charge is -2.17. The maximum atomic E-state index is 11.8. The zero-order valence-electron chi connectivity index (χ0n) is 11.5. The number of benzene rings is 1. The SMILES string of the molecule is CCOC(=O)NS(=O)(=O)NC(C(=O)OC)c1ccccc1. The lowest BCUT2D eigenvalue weighted by atomic mass is 10.1. The molecule has 1 atom stereocenters. The average molecular weight is 316 g/mol. The number of methoxy groups -OCH3 is 1. The van der Waals surface area contributed by atoms with Gasteiger partial charge >= 0.3 is 22.3 Å². The van der Waals surface area contributed by atoms with Gasteiger partial charge in [0.05, 0.1) is 13.7 Å². The maximum Gasteiger partial charge on any atom is 0.421 e. The summed E-state index contributed by atoms with van der Waals surface area (Å²) in [5.74, 6) is -0.810. The predicted molar refractivity (Wildman–Crippen MR) is 73.4 cm³/mol. The van der Waals surface area contributed by atoms with Gasteiger partial charge in [0.25, 0.3) is 0 Å². The monoisotopic (exact) mass is 316 g/mol. The summed E-state index contributed by atoms with van der Waals surface area (Å²) in [5.41, 5.74) is 0.374. The van der Waals surface area contributed by atoms with Gasteiger partial charge in [-0.3, -0.25) is 0 Å². The van der Waals surface area contributed by atoms with Crippen LogP contribution in [0, 0.1) is 0 Å². The molecule has 1 rings (SSSR count). The van der Waals surface area contributed by atoms with Crippen molar-refractivity contribution in [3.05, 3.63) is 35.9 Å². The van der Waals surface area contributed by atoms with Crippen LogP contribution in [0.2, 0.25) is 0 Å². The van der Waals surface area contributed by atoms with Crippen LogP contribution in [0.4, 0.5) is 4.79 Å². The van der Waals surface area contributed by atoms with Gasteiger partial charge in [0.2, 0.25) is 0 Å². The van der Waals surface area contributed by atoms with Crippen molar-refractivity contribution in [3.8, 4) is 0 Å². The van der Waals surface area contributed by atoms with Crippen molar-refractivity contribution in [2.75, 3.05) is 13.7 Å². The first-order chi connectivity index (χ1) is 9.89. The van der Waals surface area contributed by atoms with Gasteiger partial charge in [-0.15, -0.1) is 0 Å². The largest absolute Gasteiger partial charge is 0.468 e. The Morgan fingerprint density at radius 1 is 1.24 bits per heavy atom. The van der Waals surface area contributed by atoms with Crippen molar-refractivity contribution in [1.29, 1.82) is 0 Å². The minimum absolute atomic E-state index is 0.0144. The number of hydrogen-bond acceptors (Lipinski definition) is 6. The van der Waals surface area contributed by atoms with Crippen molar-refractivity contribution >= 4 is 22.3 Å². The second-order valence-corrected chi connectivity index (χ2v) is 5.26. The Bertz CT molecular complexity index is 587. The molecule has 2 N–H and O–H groups in total. The normalized spacial score (nSPS) is 12.3. The van der Waals surface area contributed by atoms with Gasteiger partial charge in [-0.05, 0) is 12.5 Å². The molecular formula is C12H16N2O6S. The second-order valence-electron chi connectivity index (χ2n) is 3.81. The molecule has 0 aliphatic rings. The molecule has 0 fully saturated rings. The number of rotatable bonds is 6. The van der Waals surface area contributed by atoms with Gasteiger partial charge in [0.1, 0.15) is 6.04 Å². The van der Waals surface area contributed by atoms with Gasteiger partial charge in [0, 0.05) is 0 Å². The van der Waals surface area contributed by atoms with Crippen molar-refractivity contribution in [1.82, 2.24) is 9.44 Å². The highest BCUT2D eigenvalue weighted by molar-refractivity contribution is 7.88. The molecule has 0 bridgehead atoms. The summed E-state index contributed by atoms with van der Waals surface area (Å²) in [6.45, 7) is 1.54. The minimum Gasteiger partial charge on any atom is -0.468 e. The fraction of sp³-hybridized carbons (Fsp3) is 0.333. The Kier molecular flexibility index (Phi) is 6.12. The first-order valence-electron chi connectivity index (χ1n) is 5.99. The number of hydrogen-bond donors (Lipinski definition) is 2. The zero-order chi connectivity index (χ0) is 15.9. The Morgan fingerprint density at radius 3 is 2.38 bits per heavy atom. The topological polar surface area (TPSA) is 111 Å². The molecule has 0 saturated carbocycles. The molecule has 0 aromatic heterocycles. The molecule has 1 amide bonds. The van der Waals surface area contributed by atoms with E-state index in [1.807, 2.05) is 4.72 Å². The Labute approximate surface area is 122 Å². The first kappa shape index (κ1) is 16.9. The summed E-state index contributed by atoms with van der Waals surface area (Å²) >= 11 is 0. The van der Waals surface area contributed by atoms with Crippen LogP contribution >= 0.6 is 0 Å². The zero-order valence-corrected chi connectivity index (χ0v) is 12.3. The lowest BCUT2D eigenvalue weighted by Crippen LogP contribution is -2.44. The van der Waals surface area contributed by atoms with Crippen LogP contribution in [0.3, 0.4) is 0 Å². The Morgan fingerprint density at radius 2 is 1.86 bits per heavy atom. The van der Waals surface area contributed by atoms with E-state index in [4.69, 9.17) is 0 Å². The molecule has 1 unspecified atom stereocenters. The van der Waals surface area contributed by atoms with E-state index in [0.717, 1.165) is 7.11 Å². The molecule has 9 heteroatoms. The van der Waals surface area contributed by atoms with E-state index < -0.39 is 28.3 Å². The molecule has 21 heavy (non-hydrogen) atoms. The Balaban J connectivity index is 2.92. The third kappa shape index (κ3) is 5.40. The molecule has 0 radical (unpaired) electrons. The fourth-order valence-electron chi connectivity index (χ4n) is 1.47. The molecule has 1 aromatic rings. The summed E-state index contributed by atoms with van der Waals surface area (Å²) in [4.78, 5) is 22.9. The number of nitrogens with one attached hydrogen (secondary N) is 2. The van der Waals surface area contributed by atoms with Gasteiger partial charge in [-0.2, -0.15) is 13.1 Å². The second kappa shape index (κ2) is 7.60. The third-order valence-corrected chi connectivity index (χ3v) is 3.32. The summed E-state index contributed by atoms with van der Waals surface area (Å²) in [6, 6.07) is 6.81. The van der Waals surface area contributed by atoms with E-state index >= 15 is 0 Å². The highest BCUT2D eigenvalue weighted by Gasteiger charge is 2.28. The number of amides is 1. The molecule has 8 nitrogen and oxygen atoms in total. The van der Waals surface area contributed by atoms with Crippen molar-refractivity contribution in [2.45, 2.75) is 13.0 Å². The standard InChI is InChI=1S/C12H16N2O6S/c1-3-20-12(16)14-21(17,18)13-10(11(15)19-2)9-7-5-4-6-8-9/h4-8,10,13H,3H2,1-2H3,(H,14,16). The van der Waals surface area contributed by atoms with E-state index in [1.165, 1.54) is 6.92 Å². The van der Waals surface area contributed by atoms with E-state index in [1.54, 1.807) is 35.1 Å². The van der Waals surface area contributed by atoms with Crippen LogP contribution in [0.15, 0.2) is 30.3 Å². The highest BCUT2D eigenvalue weighted by Crippen LogP contribution is 2.14. The van der Waals surface area contributed by atoms with Crippen molar-refractivity contribution in [2.24, 2.45) is 0 Å². The smallest absolute Gasteiger partial charge is 0.421 e. The Hall–Kier alpha value is -2.13. The molecule has 0 aliphatic carbocycles. The number of carbonyl (C=O) groups excluding carboxylic acids is 2. The van der Waals surface area contributed by atoms with E-state index in [0.29, 0.717) is 5.56 Å². The van der Waals surface area contributed by atoms with E-state index in [2.05, 4.69) is 9.47 Å². The third-order valence-electron chi connectivity index (χ3n) is 2.34. The molecule has 0 heterocycles.